The SMILES string of the molecule is C=CCN(CC=C)Cc1cc(CNC(C)C)ccc1F. The van der Waals surface area contributed by atoms with Crippen LogP contribution in [0.2, 0.25) is 0 Å². The number of benzene rings is 1. The molecule has 110 valence electrons. The van der Waals surface area contributed by atoms with Gasteiger partial charge in [0.15, 0.2) is 0 Å². The van der Waals surface area contributed by atoms with E-state index in [1.807, 2.05) is 24.3 Å². The van der Waals surface area contributed by atoms with Gasteiger partial charge in [0.1, 0.15) is 5.82 Å². The molecule has 0 aliphatic heterocycles. The quantitative estimate of drug-likeness (QED) is 0.694. The summed E-state index contributed by atoms with van der Waals surface area (Å²) in [6.07, 6.45) is 3.65. The zero-order valence-electron chi connectivity index (χ0n) is 12.5. The second-order valence-electron chi connectivity index (χ2n) is 5.23. The fourth-order valence-electron chi connectivity index (χ4n) is 1.99. The highest BCUT2D eigenvalue weighted by Gasteiger charge is 2.08. The molecule has 0 heterocycles. The first kappa shape index (κ1) is 16.6. The third-order valence-corrected chi connectivity index (χ3v) is 2.99. The van der Waals surface area contributed by atoms with Crippen LogP contribution in [0.15, 0.2) is 43.5 Å². The fraction of sp³-hybridized carbons (Fsp3) is 0.412. The van der Waals surface area contributed by atoms with Gasteiger partial charge in [-0.05, 0) is 11.6 Å². The van der Waals surface area contributed by atoms with Gasteiger partial charge in [0.25, 0.3) is 0 Å². The highest BCUT2D eigenvalue weighted by atomic mass is 19.1. The maximum absolute atomic E-state index is 13.9. The minimum absolute atomic E-state index is 0.156. The van der Waals surface area contributed by atoms with Crippen LogP contribution in [0.1, 0.15) is 25.0 Å². The summed E-state index contributed by atoms with van der Waals surface area (Å²) in [6.45, 7) is 14.4. The van der Waals surface area contributed by atoms with E-state index in [-0.39, 0.29) is 5.82 Å². The van der Waals surface area contributed by atoms with Gasteiger partial charge in [-0.25, -0.2) is 4.39 Å². The molecule has 3 heteroatoms. The van der Waals surface area contributed by atoms with Gasteiger partial charge in [0.05, 0.1) is 0 Å². The molecule has 0 aliphatic carbocycles. The standard InChI is InChI=1S/C17H25FN2/c1-5-9-20(10-6-2)13-16-11-15(7-8-17(16)18)12-19-14(3)4/h5-8,11,14,19H,1-2,9-10,12-13H2,3-4H3. The molecule has 1 aromatic carbocycles. The van der Waals surface area contributed by atoms with Crippen molar-refractivity contribution in [3.8, 4) is 0 Å². The largest absolute Gasteiger partial charge is 0.310 e. The summed E-state index contributed by atoms with van der Waals surface area (Å²) in [5, 5.41) is 3.34. The predicted octanol–water partition coefficient (Wildman–Crippen LogP) is 3.50. The molecule has 0 radical (unpaired) electrons. The summed E-state index contributed by atoms with van der Waals surface area (Å²) < 4.78 is 13.9. The Morgan fingerprint density at radius 1 is 1.25 bits per heavy atom. The molecule has 1 N–H and O–H groups in total. The zero-order chi connectivity index (χ0) is 15.0. The lowest BCUT2D eigenvalue weighted by Crippen LogP contribution is -2.24. The van der Waals surface area contributed by atoms with Crippen molar-refractivity contribution in [1.29, 1.82) is 0 Å². The van der Waals surface area contributed by atoms with Crippen LogP contribution in [0.4, 0.5) is 4.39 Å². The first-order chi connectivity index (χ1) is 9.56. The van der Waals surface area contributed by atoms with Crippen molar-refractivity contribution in [2.24, 2.45) is 0 Å². The van der Waals surface area contributed by atoms with E-state index >= 15 is 0 Å². The highest BCUT2D eigenvalue weighted by Crippen LogP contribution is 2.13. The third-order valence-electron chi connectivity index (χ3n) is 2.99. The summed E-state index contributed by atoms with van der Waals surface area (Å²) in [4.78, 5) is 2.10. The van der Waals surface area contributed by atoms with Crippen molar-refractivity contribution in [3.63, 3.8) is 0 Å². The molecule has 0 bridgehead atoms. The average Bonchev–Trinajstić information content (AvgIpc) is 2.40. The van der Waals surface area contributed by atoms with Crippen LogP contribution < -0.4 is 5.32 Å². The Balaban J connectivity index is 2.78. The first-order valence-electron chi connectivity index (χ1n) is 7.01. The van der Waals surface area contributed by atoms with Gasteiger partial charge in [-0.2, -0.15) is 0 Å². The van der Waals surface area contributed by atoms with Crippen LogP contribution in [-0.4, -0.2) is 24.0 Å². The summed E-state index contributed by atoms with van der Waals surface area (Å²) in [5.41, 5.74) is 1.82. The second kappa shape index (κ2) is 8.67. The molecular weight excluding hydrogens is 251 g/mol. The maximum atomic E-state index is 13.9. The lowest BCUT2D eigenvalue weighted by atomic mass is 10.1. The number of nitrogens with zero attached hydrogens (tertiary/aromatic N) is 1. The van der Waals surface area contributed by atoms with Crippen LogP contribution in [0, 0.1) is 5.82 Å². The Labute approximate surface area is 122 Å². The van der Waals surface area contributed by atoms with E-state index in [2.05, 4.69) is 37.2 Å². The van der Waals surface area contributed by atoms with Crippen molar-refractivity contribution in [3.05, 3.63) is 60.5 Å². The molecule has 0 aromatic heterocycles. The van der Waals surface area contributed by atoms with Gasteiger partial charge in [-0.1, -0.05) is 38.1 Å². The van der Waals surface area contributed by atoms with Crippen LogP contribution in [0.25, 0.3) is 0 Å². The van der Waals surface area contributed by atoms with Gasteiger partial charge in [-0.3, -0.25) is 4.90 Å². The van der Waals surface area contributed by atoms with Gasteiger partial charge >= 0.3 is 0 Å². The van der Waals surface area contributed by atoms with E-state index in [1.54, 1.807) is 6.07 Å². The van der Waals surface area contributed by atoms with Crippen LogP contribution in [0.5, 0.6) is 0 Å². The summed E-state index contributed by atoms with van der Waals surface area (Å²) in [5.74, 6) is -0.156. The number of halogens is 1. The molecule has 0 spiro atoms. The Morgan fingerprint density at radius 2 is 1.90 bits per heavy atom. The number of rotatable bonds is 9. The van der Waals surface area contributed by atoms with Gasteiger partial charge in [-0.15, -0.1) is 13.2 Å². The van der Waals surface area contributed by atoms with E-state index in [4.69, 9.17) is 0 Å². The molecule has 20 heavy (non-hydrogen) atoms. The first-order valence-corrected chi connectivity index (χ1v) is 7.01. The molecule has 2 nitrogen and oxygen atoms in total. The van der Waals surface area contributed by atoms with E-state index in [9.17, 15) is 4.39 Å². The summed E-state index contributed by atoms with van der Waals surface area (Å²) in [7, 11) is 0. The Hall–Kier alpha value is -1.45. The second-order valence-corrected chi connectivity index (χ2v) is 5.23. The predicted molar refractivity (Wildman–Crippen MR) is 84.0 cm³/mol. The van der Waals surface area contributed by atoms with Crippen molar-refractivity contribution >= 4 is 0 Å². The number of nitrogens with one attached hydrogen (secondary N) is 1. The molecule has 1 rings (SSSR count). The van der Waals surface area contributed by atoms with Crippen molar-refractivity contribution in [1.82, 2.24) is 10.2 Å². The van der Waals surface area contributed by atoms with Gasteiger partial charge in [0, 0.05) is 37.8 Å². The van der Waals surface area contributed by atoms with Crippen LogP contribution in [0.3, 0.4) is 0 Å². The highest BCUT2D eigenvalue weighted by molar-refractivity contribution is 5.25. The molecule has 0 saturated carbocycles. The Morgan fingerprint density at radius 3 is 2.45 bits per heavy atom. The molecule has 0 fully saturated rings. The van der Waals surface area contributed by atoms with Crippen LogP contribution in [-0.2, 0) is 13.1 Å². The minimum atomic E-state index is -0.156. The van der Waals surface area contributed by atoms with E-state index in [1.165, 1.54) is 0 Å². The van der Waals surface area contributed by atoms with Crippen molar-refractivity contribution in [2.45, 2.75) is 33.0 Å². The number of hydrogen-bond acceptors (Lipinski definition) is 2. The van der Waals surface area contributed by atoms with E-state index < -0.39 is 0 Å². The van der Waals surface area contributed by atoms with E-state index in [0.29, 0.717) is 12.6 Å². The molecular formula is C17H25FN2. The minimum Gasteiger partial charge on any atom is -0.310 e. The molecule has 0 amide bonds. The number of hydrogen-bond donors (Lipinski definition) is 1. The summed E-state index contributed by atoms with van der Waals surface area (Å²) >= 11 is 0. The summed E-state index contributed by atoms with van der Waals surface area (Å²) in [6, 6.07) is 5.73. The van der Waals surface area contributed by atoms with Crippen molar-refractivity contribution in [2.75, 3.05) is 13.1 Å². The van der Waals surface area contributed by atoms with Crippen LogP contribution >= 0.6 is 0 Å². The molecule has 0 atom stereocenters. The maximum Gasteiger partial charge on any atom is 0.127 e. The van der Waals surface area contributed by atoms with Gasteiger partial charge < -0.3 is 5.32 Å². The zero-order valence-corrected chi connectivity index (χ0v) is 12.5. The molecule has 0 unspecified atom stereocenters. The molecule has 0 saturated heterocycles. The topological polar surface area (TPSA) is 15.3 Å². The Bertz CT molecular complexity index is 431. The van der Waals surface area contributed by atoms with E-state index in [0.717, 1.165) is 30.8 Å². The van der Waals surface area contributed by atoms with Crippen molar-refractivity contribution < 1.29 is 4.39 Å². The third kappa shape index (κ3) is 5.68. The normalized spacial score (nSPS) is 11.1. The monoisotopic (exact) mass is 276 g/mol. The lowest BCUT2D eigenvalue weighted by molar-refractivity contribution is 0.322. The smallest absolute Gasteiger partial charge is 0.127 e. The fourth-order valence-corrected chi connectivity index (χ4v) is 1.99. The Kier molecular flexibility index (Phi) is 7.20. The van der Waals surface area contributed by atoms with Gasteiger partial charge in [0.2, 0.25) is 0 Å². The lowest BCUT2D eigenvalue weighted by Gasteiger charge is -2.19. The average molecular weight is 276 g/mol. The molecule has 1 aromatic rings. The molecule has 0 aliphatic rings.